The first kappa shape index (κ1) is 30.8. The normalized spacial score (nSPS) is 34.9. The molecule has 0 amide bonds. The van der Waals surface area contributed by atoms with Crippen molar-refractivity contribution in [1.29, 1.82) is 0 Å². The fourth-order valence-electron chi connectivity index (χ4n) is 8.98. The van der Waals surface area contributed by atoms with Crippen LogP contribution >= 0.6 is 0 Å². The Hall–Kier alpha value is -0.610. The van der Waals surface area contributed by atoms with Crippen molar-refractivity contribution in [2.45, 2.75) is 185 Å². The molecule has 5 rings (SSSR count). The van der Waals surface area contributed by atoms with E-state index in [0.717, 1.165) is 62.2 Å². The molecule has 0 saturated heterocycles. The Kier molecular flexibility index (Phi) is 13.0. The Balaban J connectivity index is 0.868. The van der Waals surface area contributed by atoms with Gasteiger partial charge in [0.05, 0.1) is 18.1 Å². The highest BCUT2D eigenvalue weighted by Gasteiger charge is 2.31. The summed E-state index contributed by atoms with van der Waals surface area (Å²) in [5.41, 5.74) is 0. The van der Waals surface area contributed by atoms with Gasteiger partial charge in [0.15, 0.2) is 0 Å². The van der Waals surface area contributed by atoms with Crippen molar-refractivity contribution in [2.24, 2.45) is 29.6 Å². The van der Waals surface area contributed by atoms with E-state index in [1.807, 2.05) is 0 Å². The fourth-order valence-corrected chi connectivity index (χ4v) is 8.98. The molecular weight excluding hydrogens is 496 g/mol. The standard InChI is InChI=1S/C36H62O4/c37-36(40-35-23-17-31(18-24-35)14-12-29-9-5-2-6-10-29)32-19-25-34(26-20-32)39-27-38-33-21-15-30(16-22-33)13-11-28-7-3-1-4-8-28/h28-35H,1-27H2. The number of carbonyl (C=O) groups is 1. The molecule has 0 aromatic heterocycles. The molecule has 0 atom stereocenters. The minimum Gasteiger partial charge on any atom is -0.462 e. The molecule has 0 spiro atoms. The number of carbonyl (C=O) groups excluding carboxylic acids is 1. The van der Waals surface area contributed by atoms with E-state index in [1.54, 1.807) is 0 Å². The zero-order valence-electron chi connectivity index (χ0n) is 25.8. The van der Waals surface area contributed by atoms with Crippen molar-refractivity contribution in [3.8, 4) is 0 Å². The monoisotopic (exact) mass is 558 g/mol. The Bertz CT molecular complexity index is 688. The van der Waals surface area contributed by atoms with Crippen LogP contribution in [0.25, 0.3) is 0 Å². The summed E-state index contributed by atoms with van der Waals surface area (Å²) in [6.07, 6.45) is 34.8. The van der Waals surface area contributed by atoms with Crippen LogP contribution in [-0.2, 0) is 19.0 Å². The third kappa shape index (κ3) is 10.3. The molecule has 0 unspecified atom stereocenters. The highest BCUT2D eigenvalue weighted by molar-refractivity contribution is 5.72. The molecule has 5 aliphatic carbocycles. The molecule has 0 N–H and O–H groups in total. The van der Waals surface area contributed by atoms with Crippen LogP contribution in [0.3, 0.4) is 0 Å². The number of ether oxygens (including phenoxy) is 3. The maximum absolute atomic E-state index is 12.9. The van der Waals surface area contributed by atoms with E-state index >= 15 is 0 Å². The van der Waals surface area contributed by atoms with Crippen molar-refractivity contribution in [3.05, 3.63) is 0 Å². The maximum atomic E-state index is 12.9. The second kappa shape index (κ2) is 16.9. The van der Waals surface area contributed by atoms with E-state index in [1.165, 1.54) is 128 Å². The summed E-state index contributed by atoms with van der Waals surface area (Å²) in [5.74, 6) is 3.96. The average Bonchev–Trinajstić information content (AvgIpc) is 3.02. The van der Waals surface area contributed by atoms with Gasteiger partial charge in [0.1, 0.15) is 12.9 Å². The summed E-state index contributed by atoms with van der Waals surface area (Å²) < 4.78 is 18.3. The molecule has 5 saturated carbocycles. The van der Waals surface area contributed by atoms with Gasteiger partial charge in [-0.05, 0) is 101 Å². The molecule has 40 heavy (non-hydrogen) atoms. The minimum atomic E-state index is 0.0700. The number of esters is 1. The predicted octanol–water partition coefficient (Wildman–Crippen LogP) is 9.92. The van der Waals surface area contributed by atoms with Gasteiger partial charge in [0.2, 0.25) is 0 Å². The van der Waals surface area contributed by atoms with Crippen molar-refractivity contribution in [3.63, 3.8) is 0 Å². The molecule has 5 aliphatic rings. The molecular formula is C36H62O4. The van der Waals surface area contributed by atoms with Crippen LogP contribution in [0.5, 0.6) is 0 Å². The first-order valence-corrected chi connectivity index (χ1v) is 18.1. The lowest BCUT2D eigenvalue weighted by Crippen LogP contribution is -2.32. The van der Waals surface area contributed by atoms with E-state index in [9.17, 15) is 4.79 Å². The summed E-state index contributed by atoms with van der Waals surface area (Å²) in [4.78, 5) is 12.9. The van der Waals surface area contributed by atoms with E-state index in [4.69, 9.17) is 14.2 Å². The zero-order chi connectivity index (χ0) is 27.4. The van der Waals surface area contributed by atoms with Crippen molar-refractivity contribution in [1.82, 2.24) is 0 Å². The molecule has 0 aromatic rings. The highest BCUT2D eigenvalue weighted by atomic mass is 16.7. The molecule has 5 fully saturated rings. The van der Waals surface area contributed by atoms with Crippen LogP contribution in [0.2, 0.25) is 0 Å². The predicted molar refractivity (Wildman–Crippen MR) is 162 cm³/mol. The van der Waals surface area contributed by atoms with Crippen LogP contribution in [-0.4, -0.2) is 31.1 Å². The summed E-state index contributed by atoms with van der Waals surface area (Å²) in [6.45, 7) is 0.432. The second-order valence-corrected chi connectivity index (χ2v) is 14.8. The summed E-state index contributed by atoms with van der Waals surface area (Å²) >= 11 is 0. The van der Waals surface area contributed by atoms with Gasteiger partial charge in [0.25, 0.3) is 0 Å². The molecule has 0 bridgehead atoms. The Morgan fingerprint density at radius 3 is 1.25 bits per heavy atom. The van der Waals surface area contributed by atoms with Gasteiger partial charge in [-0.1, -0.05) is 89.9 Å². The summed E-state index contributed by atoms with van der Waals surface area (Å²) in [7, 11) is 0. The molecule has 0 heterocycles. The summed E-state index contributed by atoms with van der Waals surface area (Å²) in [5, 5.41) is 0. The average molecular weight is 559 g/mol. The van der Waals surface area contributed by atoms with Crippen LogP contribution < -0.4 is 0 Å². The first-order chi connectivity index (χ1) is 19.7. The van der Waals surface area contributed by atoms with Crippen molar-refractivity contribution < 1.29 is 19.0 Å². The highest BCUT2D eigenvalue weighted by Crippen LogP contribution is 2.36. The lowest BCUT2D eigenvalue weighted by molar-refractivity contribution is -0.161. The Labute approximate surface area is 246 Å². The molecule has 0 aliphatic heterocycles. The smallest absolute Gasteiger partial charge is 0.309 e. The molecule has 230 valence electrons. The second-order valence-electron chi connectivity index (χ2n) is 14.8. The minimum absolute atomic E-state index is 0.0700. The van der Waals surface area contributed by atoms with Crippen LogP contribution in [0.15, 0.2) is 0 Å². The van der Waals surface area contributed by atoms with E-state index in [2.05, 4.69) is 0 Å². The van der Waals surface area contributed by atoms with Crippen LogP contribution in [0, 0.1) is 29.6 Å². The van der Waals surface area contributed by atoms with Crippen molar-refractivity contribution in [2.75, 3.05) is 6.79 Å². The quantitative estimate of drug-likeness (QED) is 0.177. The molecule has 4 nitrogen and oxygen atoms in total. The molecule has 0 radical (unpaired) electrons. The zero-order valence-corrected chi connectivity index (χ0v) is 25.8. The van der Waals surface area contributed by atoms with Crippen LogP contribution in [0.1, 0.15) is 167 Å². The summed E-state index contributed by atoms with van der Waals surface area (Å²) in [6, 6.07) is 0. The van der Waals surface area contributed by atoms with E-state index < -0.39 is 0 Å². The van der Waals surface area contributed by atoms with Gasteiger partial charge >= 0.3 is 5.97 Å². The Morgan fingerprint density at radius 1 is 0.425 bits per heavy atom. The number of rotatable bonds is 12. The third-order valence-corrected chi connectivity index (χ3v) is 11.9. The lowest BCUT2D eigenvalue weighted by atomic mass is 9.79. The third-order valence-electron chi connectivity index (χ3n) is 11.9. The first-order valence-electron chi connectivity index (χ1n) is 18.1. The van der Waals surface area contributed by atoms with Crippen LogP contribution in [0.4, 0.5) is 0 Å². The number of hydrogen-bond acceptors (Lipinski definition) is 4. The maximum Gasteiger partial charge on any atom is 0.309 e. The van der Waals surface area contributed by atoms with Gasteiger partial charge < -0.3 is 14.2 Å². The van der Waals surface area contributed by atoms with Crippen molar-refractivity contribution >= 4 is 5.97 Å². The van der Waals surface area contributed by atoms with Gasteiger partial charge in [-0.25, -0.2) is 0 Å². The Morgan fingerprint density at radius 2 is 0.800 bits per heavy atom. The SMILES string of the molecule is O=C(OC1CCC(CCC2CCCCC2)CC1)C1CCC(OCOC2CCC(CCC3CCCCC3)CC2)CC1. The molecule has 0 aromatic carbocycles. The lowest BCUT2D eigenvalue weighted by Gasteiger charge is -2.33. The van der Waals surface area contributed by atoms with Gasteiger partial charge in [-0.3, -0.25) is 4.79 Å². The van der Waals surface area contributed by atoms with Gasteiger partial charge in [0, 0.05) is 0 Å². The topological polar surface area (TPSA) is 44.8 Å². The van der Waals surface area contributed by atoms with E-state index in [-0.39, 0.29) is 24.1 Å². The molecule has 4 heteroatoms. The van der Waals surface area contributed by atoms with Gasteiger partial charge in [-0.15, -0.1) is 0 Å². The van der Waals surface area contributed by atoms with Gasteiger partial charge in [-0.2, -0.15) is 0 Å². The van der Waals surface area contributed by atoms with E-state index in [0.29, 0.717) is 12.9 Å². The number of hydrogen-bond donors (Lipinski definition) is 0. The fraction of sp³-hybridized carbons (Fsp3) is 0.972. The largest absolute Gasteiger partial charge is 0.462 e.